The van der Waals surface area contributed by atoms with Crippen LogP contribution < -0.4 is 10.9 Å². The van der Waals surface area contributed by atoms with Crippen LogP contribution in [0.25, 0.3) is 10.1 Å². The third-order valence-corrected chi connectivity index (χ3v) is 3.98. The smallest absolute Gasteiger partial charge is 0.267 e. The van der Waals surface area contributed by atoms with E-state index in [1.807, 2.05) is 24.3 Å². The molecule has 2 N–H and O–H groups in total. The van der Waals surface area contributed by atoms with Crippen molar-refractivity contribution in [2.24, 2.45) is 0 Å². The molecule has 0 aliphatic rings. The summed E-state index contributed by atoms with van der Waals surface area (Å²) in [6.07, 6.45) is 3.01. The Hall–Kier alpha value is -2.73. The summed E-state index contributed by atoms with van der Waals surface area (Å²) in [7, 11) is 0. The van der Waals surface area contributed by atoms with E-state index >= 15 is 0 Å². The summed E-state index contributed by atoms with van der Waals surface area (Å²) in [6.45, 7) is 0. The van der Waals surface area contributed by atoms with Gasteiger partial charge in [-0.15, -0.1) is 11.3 Å². The third-order valence-electron chi connectivity index (χ3n) is 2.86. The van der Waals surface area contributed by atoms with Crippen LogP contribution in [-0.2, 0) is 0 Å². The molecule has 21 heavy (non-hydrogen) atoms. The number of rotatable bonds is 2. The van der Waals surface area contributed by atoms with Crippen LogP contribution in [0, 0.1) is 0 Å². The lowest BCUT2D eigenvalue weighted by molar-refractivity contribution is 0.0848. The number of fused-ring (bicyclic) bond motifs is 1. The van der Waals surface area contributed by atoms with Gasteiger partial charge in [-0.3, -0.25) is 25.4 Å². The maximum atomic E-state index is 12.0. The fourth-order valence-electron chi connectivity index (χ4n) is 1.84. The van der Waals surface area contributed by atoms with Gasteiger partial charge in [0, 0.05) is 17.1 Å². The Bertz CT molecular complexity index is 766. The van der Waals surface area contributed by atoms with Gasteiger partial charge in [0.25, 0.3) is 11.8 Å². The average molecular weight is 297 g/mol. The Morgan fingerprint density at radius 2 is 1.81 bits per heavy atom. The number of carbonyl (C=O) groups is 2. The van der Waals surface area contributed by atoms with Gasteiger partial charge in [0.1, 0.15) is 0 Å². The van der Waals surface area contributed by atoms with Gasteiger partial charge in [-0.1, -0.05) is 18.2 Å². The van der Waals surface area contributed by atoms with Gasteiger partial charge in [0.15, 0.2) is 0 Å². The number of hydrogen-bond acceptors (Lipinski definition) is 4. The second-order valence-corrected chi connectivity index (χ2v) is 5.38. The third kappa shape index (κ3) is 2.90. The summed E-state index contributed by atoms with van der Waals surface area (Å²) in [5.41, 5.74) is 5.16. The summed E-state index contributed by atoms with van der Waals surface area (Å²) >= 11 is 1.38. The Morgan fingerprint density at radius 3 is 2.57 bits per heavy atom. The van der Waals surface area contributed by atoms with Crippen LogP contribution in [0.1, 0.15) is 20.0 Å². The number of carbonyl (C=O) groups excluding carboxylic acids is 2. The summed E-state index contributed by atoms with van der Waals surface area (Å²) in [5.74, 6) is -0.744. The highest BCUT2D eigenvalue weighted by molar-refractivity contribution is 7.20. The molecule has 3 rings (SSSR count). The molecule has 0 saturated heterocycles. The molecule has 0 atom stereocenters. The molecule has 2 amide bonds. The minimum absolute atomic E-state index is 0.339. The molecule has 2 heterocycles. The minimum Gasteiger partial charge on any atom is -0.267 e. The summed E-state index contributed by atoms with van der Waals surface area (Å²) in [5, 5.41) is 1.01. The van der Waals surface area contributed by atoms with Crippen molar-refractivity contribution in [2.75, 3.05) is 0 Å². The van der Waals surface area contributed by atoms with Gasteiger partial charge in [-0.05, 0) is 29.7 Å². The summed E-state index contributed by atoms with van der Waals surface area (Å²) in [6, 6.07) is 12.8. The summed E-state index contributed by atoms with van der Waals surface area (Å²) in [4.78, 5) is 28.2. The molecule has 0 aliphatic heterocycles. The van der Waals surface area contributed by atoms with Crippen LogP contribution in [0.5, 0.6) is 0 Å². The normalized spacial score (nSPS) is 10.3. The first-order chi connectivity index (χ1) is 10.2. The Balaban J connectivity index is 1.68. The topological polar surface area (TPSA) is 71.1 Å². The monoisotopic (exact) mass is 297 g/mol. The van der Waals surface area contributed by atoms with E-state index in [4.69, 9.17) is 0 Å². The van der Waals surface area contributed by atoms with Crippen LogP contribution in [0.3, 0.4) is 0 Å². The first kappa shape index (κ1) is 13.3. The molecule has 1 aromatic carbocycles. The highest BCUT2D eigenvalue weighted by Gasteiger charge is 2.11. The Kier molecular flexibility index (Phi) is 3.61. The van der Waals surface area contributed by atoms with Gasteiger partial charge in [0.2, 0.25) is 0 Å². The van der Waals surface area contributed by atoms with Gasteiger partial charge in [-0.2, -0.15) is 0 Å². The molecule has 0 fully saturated rings. The number of hydrogen-bond donors (Lipinski definition) is 2. The van der Waals surface area contributed by atoms with E-state index in [1.165, 1.54) is 17.5 Å². The molecule has 3 aromatic rings. The van der Waals surface area contributed by atoms with E-state index in [1.54, 1.807) is 24.4 Å². The van der Waals surface area contributed by atoms with Gasteiger partial charge in [-0.25, -0.2) is 0 Å². The molecule has 0 radical (unpaired) electrons. The molecule has 5 nitrogen and oxygen atoms in total. The van der Waals surface area contributed by atoms with Gasteiger partial charge in [0.05, 0.1) is 10.4 Å². The molecule has 0 spiro atoms. The zero-order valence-corrected chi connectivity index (χ0v) is 11.7. The molecule has 0 bridgehead atoms. The van der Waals surface area contributed by atoms with Crippen molar-refractivity contribution in [3.63, 3.8) is 0 Å². The maximum Gasteiger partial charge on any atom is 0.279 e. The van der Waals surface area contributed by atoms with Crippen molar-refractivity contribution < 1.29 is 9.59 Å². The molecule has 0 aliphatic carbocycles. The lowest BCUT2D eigenvalue weighted by Gasteiger charge is -2.05. The largest absolute Gasteiger partial charge is 0.279 e. The van der Waals surface area contributed by atoms with Crippen molar-refractivity contribution in [2.45, 2.75) is 0 Å². The number of pyridine rings is 1. The molecule has 2 aromatic heterocycles. The second-order valence-electron chi connectivity index (χ2n) is 4.30. The van der Waals surface area contributed by atoms with E-state index in [2.05, 4.69) is 15.8 Å². The second kappa shape index (κ2) is 5.72. The number of aromatic nitrogens is 1. The number of hydrazine groups is 1. The van der Waals surface area contributed by atoms with Crippen molar-refractivity contribution in [3.05, 3.63) is 65.3 Å². The number of thiophene rings is 1. The Labute approximate surface area is 124 Å². The molecule has 0 unspecified atom stereocenters. The van der Waals surface area contributed by atoms with E-state index in [9.17, 15) is 9.59 Å². The number of amides is 2. The van der Waals surface area contributed by atoms with Crippen LogP contribution in [0.4, 0.5) is 0 Å². The number of benzene rings is 1. The summed E-state index contributed by atoms with van der Waals surface area (Å²) < 4.78 is 1.03. The molecule has 104 valence electrons. The fraction of sp³-hybridized carbons (Fsp3) is 0. The molecule has 0 saturated carbocycles. The standard InChI is InChI=1S/C15H11N3O2S/c19-14(11-5-3-7-16-9-11)17-18-15(20)13-8-10-4-1-2-6-12(10)21-13/h1-9H,(H,17,19)(H,18,20). The van der Waals surface area contributed by atoms with Crippen LogP contribution in [-0.4, -0.2) is 16.8 Å². The van der Waals surface area contributed by atoms with Crippen molar-refractivity contribution >= 4 is 33.2 Å². The Morgan fingerprint density at radius 1 is 1.00 bits per heavy atom. The van der Waals surface area contributed by atoms with Crippen LogP contribution >= 0.6 is 11.3 Å². The van der Waals surface area contributed by atoms with Crippen LogP contribution in [0.2, 0.25) is 0 Å². The molecule has 6 heteroatoms. The number of nitrogens with one attached hydrogen (secondary N) is 2. The minimum atomic E-state index is -0.405. The molecular weight excluding hydrogens is 286 g/mol. The van der Waals surface area contributed by atoms with Crippen molar-refractivity contribution in [1.82, 2.24) is 15.8 Å². The highest BCUT2D eigenvalue weighted by Crippen LogP contribution is 2.24. The number of nitrogens with zero attached hydrogens (tertiary/aromatic N) is 1. The van der Waals surface area contributed by atoms with E-state index < -0.39 is 5.91 Å². The first-order valence-corrected chi connectivity index (χ1v) is 7.05. The van der Waals surface area contributed by atoms with Gasteiger partial charge >= 0.3 is 0 Å². The lowest BCUT2D eigenvalue weighted by atomic mass is 10.2. The SMILES string of the molecule is O=C(NNC(=O)c1cc2ccccc2s1)c1cccnc1. The predicted molar refractivity (Wildman–Crippen MR) is 81.0 cm³/mol. The van der Waals surface area contributed by atoms with Gasteiger partial charge < -0.3 is 0 Å². The predicted octanol–water partition coefficient (Wildman–Crippen LogP) is 2.37. The van der Waals surface area contributed by atoms with E-state index in [0.717, 1.165) is 10.1 Å². The zero-order valence-electron chi connectivity index (χ0n) is 10.9. The molecular formula is C15H11N3O2S. The van der Waals surface area contributed by atoms with Crippen molar-refractivity contribution in [1.29, 1.82) is 0 Å². The quantitative estimate of drug-likeness (QED) is 0.713. The maximum absolute atomic E-state index is 12.0. The average Bonchev–Trinajstić information content (AvgIpc) is 2.97. The first-order valence-electron chi connectivity index (χ1n) is 6.23. The van der Waals surface area contributed by atoms with E-state index in [0.29, 0.717) is 10.4 Å². The van der Waals surface area contributed by atoms with E-state index in [-0.39, 0.29) is 5.91 Å². The van der Waals surface area contributed by atoms with Crippen molar-refractivity contribution in [3.8, 4) is 0 Å². The highest BCUT2D eigenvalue weighted by atomic mass is 32.1. The fourth-order valence-corrected chi connectivity index (χ4v) is 2.80. The zero-order chi connectivity index (χ0) is 14.7. The lowest BCUT2D eigenvalue weighted by Crippen LogP contribution is -2.41. The van der Waals surface area contributed by atoms with Crippen LogP contribution in [0.15, 0.2) is 54.9 Å².